The van der Waals surface area contributed by atoms with E-state index in [-0.39, 0.29) is 0 Å². The summed E-state index contributed by atoms with van der Waals surface area (Å²) < 4.78 is 2.10. The molecular formula is C14H20N4. The van der Waals surface area contributed by atoms with Crippen LogP contribution in [-0.4, -0.2) is 40.0 Å². The smallest absolute Gasteiger partial charge is 0.137 e. The maximum absolute atomic E-state index is 4.68. The van der Waals surface area contributed by atoms with E-state index in [0.29, 0.717) is 6.04 Å². The molecule has 1 fully saturated rings. The van der Waals surface area contributed by atoms with Crippen molar-refractivity contribution < 1.29 is 0 Å². The molecule has 18 heavy (non-hydrogen) atoms. The second kappa shape index (κ2) is 5.08. The first-order valence-electron chi connectivity index (χ1n) is 6.74. The lowest BCUT2D eigenvalue weighted by molar-refractivity contribution is 0.136. The number of hydrogen-bond acceptors (Lipinski definition) is 3. The van der Waals surface area contributed by atoms with Crippen LogP contribution in [0.5, 0.6) is 0 Å². The van der Waals surface area contributed by atoms with E-state index in [0.717, 1.165) is 31.8 Å². The van der Waals surface area contributed by atoms with Gasteiger partial charge in [-0.25, -0.2) is 4.98 Å². The Labute approximate surface area is 108 Å². The van der Waals surface area contributed by atoms with Crippen molar-refractivity contribution in [3.8, 4) is 0 Å². The van der Waals surface area contributed by atoms with Gasteiger partial charge in [-0.2, -0.15) is 0 Å². The summed E-state index contributed by atoms with van der Waals surface area (Å²) in [5, 5.41) is 3.35. The van der Waals surface area contributed by atoms with Crippen molar-refractivity contribution in [2.45, 2.75) is 25.9 Å². The number of aromatic nitrogens is 2. The minimum atomic E-state index is 0.690. The summed E-state index contributed by atoms with van der Waals surface area (Å²) in [5.74, 6) is 0. The molecule has 0 unspecified atom stereocenters. The quantitative estimate of drug-likeness (QED) is 0.865. The van der Waals surface area contributed by atoms with Crippen LogP contribution in [0.15, 0.2) is 30.6 Å². The molecular weight excluding hydrogens is 224 g/mol. The molecule has 4 nitrogen and oxygen atoms in total. The van der Waals surface area contributed by atoms with E-state index < -0.39 is 0 Å². The van der Waals surface area contributed by atoms with Crippen molar-refractivity contribution in [1.29, 1.82) is 0 Å². The van der Waals surface area contributed by atoms with Crippen molar-refractivity contribution in [2.75, 3.05) is 19.6 Å². The van der Waals surface area contributed by atoms with Crippen molar-refractivity contribution in [2.24, 2.45) is 0 Å². The minimum Gasteiger partial charge on any atom is -0.314 e. The average molecular weight is 244 g/mol. The lowest BCUT2D eigenvalue weighted by Gasteiger charge is -2.37. The molecule has 0 saturated carbocycles. The van der Waals surface area contributed by atoms with Crippen molar-refractivity contribution >= 4 is 5.65 Å². The number of imidazole rings is 1. The van der Waals surface area contributed by atoms with Crippen LogP contribution in [0.4, 0.5) is 0 Å². The summed E-state index contributed by atoms with van der Waals surface area (Å²) >= 11 is 0. The van der Waals surface area contributed by atoms with Gasteiger partial charge in [-0.05, 0) is 25.1 Å². The van der Waals surface area contributed by atoms with Crippen LogP contribution in [-0.2, 0) is 6.54 Å². The lowest BCUT2D eigenvalue weighted by atomic mass is 10.1. The molecule has 1 N–H and O–H groups in total. The molecule has 1 saturated heterocycles. The largest absolute Gasteiger partial charge is 0.314 e. The van der Waals surface area contributed by atoms with E-state index in [1.54, 1.807) is 0 Å². The Morgan fingerprint density at radius 2 is 2.33 bits per heavy atom. The van der Waals surface area contributed by atoms with Gasteiger partial charge in [0.05, 0.1) is 5.69 Å². The van der Waals surface area contributed by atoms with E-state index in [2.05, 4.69) is 45.0 Å². The fraction of sp³-hybridized carbons (Fsp3) is 0.500. The Morgan fingerprint density at radius 3 is 3.00 bits per heavy atom. The molecule has 1 aliphatic rings. The van der Waals surface area contributed by atoms with Crippen LogP contribution in [0, 0.1) is 0 Å². The zero-order valence-corrected chi connectivity index (χ0v) is 10.8. The van der Waals surface area contributed by atoms with Gasteiger partial charge in [0.2, 0.25) is 0 Å². The normalized spacial score (nSPS) is 16.3. The van der Waals surface area contributed by atoms with Crippen LogP contribution in [0.25, 0.3) is 5.65 Å². The van der Waals surface area contributed by atoms with E-state index in [4.69, 9.17) is 0 Å². The van der Waals surface area contributed by atoms with Gasteiger partial charge < -0.3 is 9.72 Å². The van der Waals surface area contributed by atoms with Gasteiger partial charge in [-0.3, -0.25) is 4.90 Å². The molecule has 0 bridgehead atoms. The second-order valence-corrected chi connectivity index (χ2v) is 4.98. The van der Waals surface area contributed by atoms with E-state index in [1.165, 1.54) is 12.1 Å². The molecule has 2 aromatic heterocycles. The summed E-state index contributed by atoms with van der Waals surface area (Å²) in [4.78, 5) is 7.22. The van der Waals surface area contributed by atoms with E-state index >= 15 is 0 Å². The van der Waals surface area contributed by atoms with Crippen LogP contribution < -0.4 is 5.32 Å². The van der Waals surface area contributed by atoms with Gasteiger partial charge in [0.25, 0.3) is 0 Å². The number of rotatable bonds is 5. The Balaban J connectivity index is 1.76. The van der Waals surface area contributed by atoms with Crippen LogP contribution >= 0.6 is 0 Å². The summed E-state index contributed by atoms with van der Waals surface area (Å²) in [7, 11) is 0. The predicted molar refractivity (Wildman–Crippen MR) is 72.6 cm³/mol. The molecule has 0 aromatic carbocycles. The first kappa shape index (κ1) is 11.7. The molecule has 4 heteroatoms. The first-order chi connectivity index (χ1) is 8.86. The molecule has 2 aromatic rings. The summed E-state index contributed by atoms with van der Waals surface area (Å²) in [6.07, 6.45) is 5.40. The predicted octanol–water partition coefficient (Wildman–Crippen LogP) is 1.52. The zero-order chi connectivity index (χ0) is 12.4. The van der Waals surface area contributed by atoms with Crippen LogP contribution in [0.2, 0.25) is 0 Å². The highest BCUT2D eigenvalue weighted by Crippen LogP contribution is 2.12. The Morgan fingerprint density at radius 1 is 1.44 bits per heavy atom. The third kappa shape index (κ3) is 2.26. The molecule has 0 aliphatic carbocycles. The minimum absolute atomic E-state index is 0.690. The van der Waals surface area contributed by atoms with Crippen molar-refractivity contribution in [3.63, 3.8) is 0 Å². The monoisotopic (exact) mass is 244 g/mol. The van der Waals surface area contributed by atoms with Gasteiger partial charge in [-0.1, -0.05) is 13.0 Å². The van der Waals surface area contributed by atoms with Gasteiger partial charge >= 0.3 is 0 Å². The number of nitrogens with one attached hydrogen (secondary N) is 1. The summed E-state index contributed by atoms with van der Waals surface area (Å²) in [6, 6.07) is 6.82. The summed E-state index contributed by atoms with van der Waals surface area (Å²) in [5.41, 5.74) is 2.21. The fourth-order valence-electron chi connectivity index (χ4n) is 2.48. The number of fused-ring (bicyclic) bond motifs is 1. The molecule has 96 valence electrons. The molecule has 0 spiro atoms. The third-order valence-corrected chi connectivity index (χ3v) is 3.57. The molecule has 0 atom stereocenters. The van der Waals surface area contributed by atoms with Gasteiger partial charge in [-0.15, -0.1) is 0 Å². The Kier molecular flexibility index (Phi) is 3.30. The van der Waals surface area contributed by atoms with Gasteiger partial charge in [0.1, 0.15) is 5.65 Å². The second-order valence-electron chi connectivity index (χ2n) is 4.98. The van der Waals surface area contributed by atoms with Crippen LogP contribution in [0.1, 0.15) is 19.0 Å². The fourth-order valence-corrected chi connectivity index (χ4v) is 2.48. The van der Waals surface area contributed by atoms with Crippen LogP contribution in [0.3, 0.4) is 0 Å². The Bertz CT molecular complexity index is 482. The molecule has 0 amide bonds. The average Bonchev–Trinajstić information content (AvgIpc) is 2.69. The topological polar surface area (TPSA) is 32.6 Å². The van der Waals surface area contributed by atoms with Crippen molar-refractivity contribution in [3.05, 3.63) is 36.3 Å². The molecule has 0 radical (unpaired) electrons. The molecule has 1 aliphatic heterocycles. The summed E-state index contributed by atoms with van der Waals surface area (Å²) in [6.45, 7) is 6.59. The Hall–Kier alpha value is -1.39. The lowest BCUT2D eigenvalue weighted by Crippen LogP contribution is -2.57. The van der Waals surface area contributed by atoms with Crippen molar-refractivity contribution in [1.82, 2.24) is 19.6 Å². The maximum atomic E-state index is 4.68. The third-order valence-electron chi connectivity index (χ3n) is 3.57. The highest BCUT2D eigenvalue weighted by molar-refractivity contribution is 5.39. The first-order valence-corrected chi connectivity index (χ1v) is 6.74. The number of pyridine rings is 1. The molecule has 3 rings (SSSR count). The van der Waals surface area contributed by atoms with Gasteiger partial charge in [0.15, 0.2) is 0 Å². The SMILES string of the molecule is CCCN(Cc1cn2ccccc2n1)C1CNC1. The highest BCUT2D eigenvalue weighted by atomic mass is 15.2. The highest BCUT2D eigenvalue weighted by Gasteiger charge is 2.24. The van der Waals surface area contributed by atoms with E-state index in [1.807, 2.05) is 12.1 Å². The maximum Gasteiger partial charge on any atom is 0.137 e. The standard InChI is InChI=1S/C14H20N4/c1-2-6-17(13-8-15-9-13)10-12-11-18-7-4-3-5-14(18)16-12/h3-5,7,11,13,15H,2,6,8-10H2,1H3. The van der Waals surface area contributed by atoms with E-state index in [9.17, 15) is 0 Å². The zero-order valence-electron chi connectivity index (χ0n) is 10.8. The number of nitrogens with zero attached hydrogens (tertiary/aromatic N) is 3. The van der Waals surface area contributed by atoms with Gasteiger partial charge in [0, 0.05) is 38.1 Å². The molecule has 3 heterocycles. The number of hydrogen-bond donors (Lipinski definition) is 1.